The van der Waals surface area contributed by atoms with Crippen LogP contribution in [0.25, 0.3) is 0 Å². The Kier molecular flexibility index (Phi) is 1.66. The highest BCUT2D eigenvalue weighted by atomic mass is 19.4. The number of aliphatic hydroxyl groups is 1. The van der Waals surface area contributed by atoms with Gasteiger partial charge in [0.25, 0.3) is 0 Å². The molecule has 0 aromatic rings. The maximum absolute atomic E-state index is 11.9. The van der Waals surface area contributed by atoms with Crippen molar-refractivity contribution < 1.29 is 18.3 Å². The molecule has 0 aliphatic heterocycles. The van der Waals surface area contributed by atoms with Gasteiger partial charge in [-0.15, -0.1) is 0 Å². The van der Waals surface area contributed by atoms with Gasteiger partial charge in [0.15, 0.2) is 5.60 Å². The Morgan fingerprint density at radius 1 is 1.10 bits per heavy atom. The van der Waals surface area contributed by atoms with Gasteiger partial charge in [-0.1, -0.05) is 12.8 Å². The fourth-order valence-corrected chi connectivity index (χ4v) is 1.24. The second-order valence-electron chi connectivity index (χ2n) is 2.74. The highest BCUT2D eigenvalue weighted by Crippen LogP contribution is 2.42. The van der Waals surface area contributed by atoms with Gasteiger partial charge in [0, 0.05) is 0 Å². The zero-order valence-electron chi connectivity index (χ0n) is 5.41. The third-order valence-electron chi connectivity index (χ3n) is 1.96. The predicted octanol–water partition coefficient (Wildman–Crippen LogP) is 1.85. The molecule has 1 aliphatic rings. The molecule has 10 heavy (non-hydrogen) atoms. The fourth-order valence-electron chi connectivity index (χ4n) is 1.24. The van der Waals surface area contributed by atoms with E-state index in [-0.39, 0.29) is 12.8 Å². The van der Waals surface area contributed by atoms with Crippen LogP contribution in [0.2, 0.25) is 0 Å². The molecule has 1 saturated carbocycles. The summed E-state index contributed by atoms with van der Waals surface area (Å²) in [4.78, 5) is 0. The molecule has 0 radical (unpaired) electrons. The normalized spacial score (nSPS) is 25.2. The van der Waals surface area contributed by atoms with Gasteiger partial charge >= 0.3 is 6.18 Å². The van der Waals surface area contributed by atoms with E-state index in [1.807, 2.05) is 0 Å². The van der Waals surface area contributed by atoms with Gasteiger partial charge in [0.05, 0.1) is 0 Å². The lowest BCUT2D eigenvalue weighted by molar-refractivity contribution is -0.257. The van der Waals surface area contributed by atoms with Crippen molar-refractivity contribution in [1.82, 2.24) is 0 Å². The lowest BCUT2D eigenvalue weighted by Gasteiger charge is -2.24. The second-order valence-corrected chi connectivity index (χ2v) is 2.74. The Morgan fingerprint density at radius 2 is 1.50 bits per heavy atom. The molecule has 4 heteroatoms. The van der Waals surface area contributed by atoms with Gasteiger partial charge in [-0.2, -0.15) is 13.2 Å². The predicted molar refractivity (Wildman–Crippen MR) is 29.5 cm³/mol. The summed E-state index contributed by atoms with van der Waals surface area (Å²) < 4.78 is 35.7. The highest BCUT2D eigenvalue weighted by Gasteiger charge is 2.54. The minimum absolute atomic E-state index is 0.128. The molecule has 1 nitrogen and oxygen atoms in total. The van der Waals surface area contributed by atoms with Crippen molar-refractivity contribution in [2.24, 2.45) is 0 Å². The number of hydrogen-bond acceptors (Lipinski definition) is 1. The van der Waals surface area contributed by atoms with Gasteiger partial charge in [-0.25, -0.2) is 0 Å². The number of rotatable bonds is 0. The Bertz CT molecular complexity index is 123. The molecule has 0 amide bonds. The molecular formula is C6H9F3O. The van der Waals surface area contributed by atoms with E-state index in [4.69, 9.17) is 5.11 Å². The number of alkyl halides is 3. The fraction of sp³-hybridized carbons (Fsp3) is 1.00. The molecule has 1 N–H and O–H groups in total. The van der Waals surface area contributed by atoms with Gasteiger partial charge in [0.2, 0.25) is 0 Å². The Hall–Kier alpha value is -0.250. The summed E-state index contributed by atoms with van der Waals surface area (Å²) >= 11 is 0. The minimum Gasteiger partial charge on any atom is -0.380 e. The molecule has 0 bridgehead atoms. The van der Waals surface area contributed by atoms with Crippen LogP contribution < -0.4 is 0 Å². The molecule has 0 aromatic carbocycles. The van der Waals surface area contributed by atoms with Crippen LogP contribution in [0.1, 0.15) is 25.7 Å². The van der Waals surface area contributed by atoms with E-state index in [1.165, 1.54) is 0 Å². The molecule has 0 saturated heterocycles. The topological polar surface area (TPSA) is 20.2 Å². The lowest BCUT2D eigenvalue weighted by atomic mass is 10.0. The van der Waals surface area contributed by atoms with Crippen LogP contribution in [-0.4, -0.2) is 16.9 Å². The van der Waals surface area contributed by atoms with Gasteiger partial charge in [-0.05, 0) is 12.8 Å². The summed E-state index contributed by atoms with van der Waals surface area (Å²) in [5, 5.41) is 8.90. The van der Waals surface area contributed by atoms with E-state index in [9.17, 15) is 13.2 Å². The van der Waals surface area contributed by atoms with Crippen molar-refractivity contribution in [2.75, 3.05) is 0 Å². The van der Waals surface area contributed by atoms with E-state index >= 15 is 0 Å². The summed E-state index contributed by atoms with van der Waals surface area (Å²) in [7, 11) is 0. The third-order valence-corrected chi connectivity index (χ3v) is 1.96. The Labute approximate surface area is 56.8 Å². The van der Waals surface area contributed by atoms with Crippen LogP contribution in [0, 0.1) is 0 Å². The second kappa shape index (κ2) is 2.12. The van der Waals surface area contributed by atoms with Crippen molar-refractivity contribution >= 4 is 0 Å². The standard InChI is InChI=1S/C6H9F3O/c7-6(8,9)5(10)3-1-2-4-5/h10H,1-4H2. The Balaban J connectivity index is 2.67. The first-order chi connectivity index (χ1) is 4.46. The van der Waals surface area contributed by atoms with Crippen LogP contribution in [0.3, 0.4) is 0 Å². The van der Waals surface area contributed by atoms with Crippen molar-refractivity contribution in [3.63, 3.8) is 0 Å². The molecule has 0 unspecified atom stereocenters. The summed E-state index contributed by atoms with van der Waals surface area (Å²) in [5.74, 6) is 0. The maximum atomic E-state index is 11.9. The van der Waals surface area contributed by atoms with Crippen molar-refractivity contribution in [2.45, 2.75) is 37.5 Å². The first kappa shape index (κ1) is 7.85. The maximum Gasteiger partial charge on any atom is 0.417 e. The summed E-state index contributed by atoms with van der Waals surface area (Å²) in [5.41, 5.74) is -2.37. The molecule has 1 aliphatic carbocycles. The number of hydrogen-bond donors (Lipinski definition) is 1. The van der Waals surface area contributed by atoms with Crippen molar-refractivity contribution in [3.05, 3.63) is 0 Å². The summed E-state index contributed by atoms with van der Waals surface area (Å²) in [6, 6.07) is 0. The van der Waals surface area contributed by atoms with Crippen molar-refractivity contribution in [1.29, 1.82) is 0 Å². The monoisotopic (exact) mass is 154 g/mol. The van der Waals surface area contributed by atoms with Crippen LogP contribution >= 0.6 is 0 Å². The molecule has 1 fully saturated rings. The summed E-state index contributed by atoms with van der Waals surface area (Å²) in [6.07, 6.45) is -3.72. The van der Waals surface area contributed by atoms with E-state index in [0.29, 0.717) is 12.8 Å². The van der Waals surface area contributed by atoms with E-state index in [1.54, 1.807) is 0 Å². The third kappa shape index (κ3) is 1.12. The molecular weight excluding hydrogens is 145 g/mol. The van der Waals surface area contributed by atoms with E-state index in [0.717, 1.165) is 0 Å². The van der Waals surface area contributed by atoms with Crippen LogP contribution in [0.4, 0.5) is 13.2 Å². The molecule has 1 rings (SSSR count). The van der Waals surface area contributed by atoms with Crippen LogP contribution in [0.15, 0.2) is 0 Å². The Morgan fingerprint density at radius 3 is 1.70 bits per heavy atom. The molecule has 60 valence electrons. The smallest absolute Gasteiger partial charge is 0.380 e. The van der Waals surface area contributed by atoms with Gasteiger partial charge in [0.1, 0.15) is 0 Å². The largest absolute Gasteiger partial charge is 0.417 e. The van der Waals surface area contributed by atoms with E-state index < -0.39 is 11.8 Å². The van der Waals surface area contributed by atoms with E-state index in [2.05, 4.69) is 0 Å². The van der Waals surface area contributed by atoms with Crippen LogP contribution in [-0.2, 0) is 0 Å². The first-order valence-corrected chi connectivity index (χ1v) is 3.25. The molecule has 0 atom stereocenters. The van der Waals surface area contributed by atoms with Gasteiger partial charge < -0.3 is 5.11 Å². The zero-order chi connectivity index (χ0) is 7.83. The molecule has 0 aromatic heterocycles. The SMILES string of the molecule is OC1(C(F)(F)F)CCCC1. The quantitative estimate of drug-likeness (QED) is 0.564. The van der Waals surface area contributed by atoms with Crippen LogP contribution in [0.5, 0.6) is 0 Å². The first-order valence-electron chi connectivity index (χ1n) is 3.25. The highest BCUT2D eigenvalue weighted by molar-refractivity contribution is 4.90. The molecule has 0 heterocycles. The average Bonchev–Trinajstić information content (AvgIpc) is 2.13. The van der Waals surface area contributed by atoms with Gasteiger partial charge in [-0.3, -0.25) is 0 Å². The average molecular weight is 154 g/mol. The zero-order valence-corrected chi connectivity index (χ0v) is 5.41. The van der Waals surface area contributed by atoms with Crippen molar-refractivity contribution in [3.8, 4) is 0 Å². The lowest BCUT2D eigenvalue weighted by Crippen LogP contribution is -2.42. The molecule has 0 spiro atoms. The number of halogens is 3. The minimum atomic E-state index is -4.43. The summed E-state index contributed by atoms with van der Waals surface area (Å²) in [6.45, 7) is 0.